The third-order valence-electron chi connectivity index (χ3n) is 6.20. The number of ether oxygens (including phenoxy) is 2. The molecule has 0 N–H and O–H groups in total. The quantitative estimate of drug-likeness (QED) is 0.218. The van der Waals surface area contributed by atoms with Crippen molar-refractivity contribution in [3.05, 3.63) is 94.8 Å². The highest BCUT2D eigenvalue weighted by molar-refractivity contribution is 5.71. The third-order valence-corrected chi connectivity index (χ3v) is 6.20. The second-order valence-electron chi connectivity index (χ2n) is 8.74. The fraction of sp³-hybridized carbons (Fsp3) is 0.286. The Bertz CT molecular complexity index is 1260. The lowest BCUT2D eigenvalue weighted by atomic mass is 9.86. The van der Waals surface area contributed by atoms with Gasteiger partial charge >= 0.3 is 6.11 Å². The first kappa shape index (κ1) is 26.7. The zero-order valence-electron chi connectivity index (χ0n) is 19.8. The average Bonchev–Trinajstić information content (AvgIpc) is 2.85. The van der Waals surface area contributed by atoms with E-state index in [1.807, 2.05) is 6.92 Å². The Morgan fingerprint density at radius 3 is 1.95 bits per heavy atom. The molecule has 3 aromatic carbocycles. The van der Waals surface area contributed by atoms with Crippen LogP contribution in [0.1, 0.15) is 37.3 Å². The molecule has 0 bridgehead atoms. The van der Waals surface area contributed by atoms with Crippen LogP contribution in [0.2, 0.25) is 0 Å². The first-order valence-corrected chi connectivity index (χ1v) is 11.7. The monoisotopic (exact) mass is 524 g/mol. The van der Waals surface area contributed by atoms with Crippen LogP contribution in [0.3, 0.4) is 0 Å². The normalized spacial score (nSPS) is 16.0. The summed E-state index contributed by atoms with van der Waals surface area (Å²) in [6.45, 7) is 3.35. The molecule has 0 fully saturated rings. The first-order chi connectivity index (χ1) is 17.6. The van der Waals surface area contributed by atoms with Crippen molar-refractivity contribution in [3.63, 3.8) is 0 Å². The van der Waals surface area contributed by atoms with Crippen LogP contribution in [0.4, 0.5) is 30.7 Å². The van der Waals surface area contributed by atoms with E-state index >= 15 is 0 Å². The van der Waals surface area contributed by atoms with Crippen LogP contribution in [-0.2, 0) is 10.8 Å². The van der Waals surface area contributed by atoms with Crippen LogP contribution in [0.15, 0.2) is 54.6 Å². The van der Waals surface area contributed by atoms with Crippen LogP contribution in [0.5, 0.6) is 5.75 Å². The van der Waals surface area contributed by atoms with E-state index in [0.29, 0.717) is 36.8 Å². The van der Waals surface area contributed by atoms with Gasteiger partial charge in [-0.05, 0) is 66.5 Å². The first-order valence-electron chi connectivity index (χ1n) is 11.7. The average molecular weight is 524 g/mol. The molecule has 2 nitrogen and oxygen atoms in total. The standard InChI is InChI=1S/C28H23F7O2/c1-2-36-15-16-3-5-17(6-4-16)18-7-9-19(10-8-18)20-11-22(29)26(23(30)12-20)28(34,35)37-21-13-24(31)27(33)25(32)14-21/h5,7-14,16H,2-4,6,15H2,1H3. The van der Waals surface area contributed by atoms with E-state index in [1.54, 1.807) is 24.3 Å². The van der Waals surface area contributed by atoms with Gasteiger partial charge in [-0.15, -0.1) is 0 Å². The van der Waals surface area contributed by atoms with Crippen LogP contribution < -0.4 is 4.74 Å². The van der Waals surface area contributed by atoms with Crippen LogP contribution in [0.25, 0.3) is 16.7 Å². The molecule has 0 saturated heterocycles. The maximum Gasteiger partial charge on any atom is 0.432 e. The molecule has 196 valence electrons. The Labute approximate surface area is 209 Å². The van der Waals surface area contributed by atoms with E-state index in [9.17, 15) is 30.7 Å². The molecule has 0 spiro atoms. The maximum absolute atomic E-state index is 14.7. The van der Waals surface area contributed by atoms with Gasteiger partial charge in [0.25, 0.3) is 0 Å². The lowest BCUT2D eigenvalue weighted by Gasteiger charge is -2.22. The molecule has 0 aromatic heterocycles. The van der Waals surface area contributed by atoms with Crippen LogP contribution in [-0.4, -0.2) is 13.2 Å². The Kier molecular flexibility index (Phi) is 7.92. The lowest BCUT2D eigenvalue weighted by molar-refractivity contribution is -0.189. The summed E-state index contributed by atoms with van der Waals surface area (Å²) in [6.07, 6.45) is 0.255. The molecule has 9 heteroatoms. The highest BCUT2D eigenvalue weighted by atomic mass is 19.3. The van der Waals surface area contributed by atoms with Crippen molar-refractivity contribution in [3.8, 4) is 16.9 Å². The van der Waals surface area contributed by atoms with Gasteiger partial charge in [0.05, 0.1) is 0 Å². The van der Waals surface area contributed by atoms with Crippen LogP contribution in [0, 0.1) is 35.0 Å². The van der Waals surface area contributed by atoms with Crippen molar-refractivity contribution in [2.45, 2.75) is 32.3 Å². The fourth-order valence-electron chi connectivity index (χ4n) is 4.27. The molecule has 3 aromatic rings. The Balaban J connectivity index is 1.53. The van der Waals surface area contributed by atoms with Gasteiger partial charge in [0.2, 0.25) is 0 Å². The van der Waals surface area contributed by atoms with Gasteiger partial charge in [-0.3, -0.25) is 0 Å². The zero-order chi connectivity index (χ0) is 26.7. The molecule has 1 atom stereocenters. The van der Waals surface area contributed by atoms with Gasteiger partial charge in [0.15, 0.2) is 17.5 Å². The topological polar surface area (TPSA) is 18.5 Å². The summed E-state index contributed by atoms with van der Waals surface area (Å²) >= 11 is 0. The Morgan fingerprint density at radius 1 is 0.811 bits per heavy atom. The number of benzene rings is 3. The number of alkyl halides is 2. The molecule has 0 amide bonds. The minimum atomic E-state index is -4.64. The Hall–Kier alpha value is -3.33. The van der Waals surface area contributed by atoms with Gasteiger partial charge in [-0.1, -0.05) is 30.3 Å². The van der Waals surface area contributed by atoms with E-state index in [0.717, 1.165) is 30.4 Å². The highest BCUT2D eigenvalue weighted by Gasteiger charge is 2.41. The van der Waals surface area contributed by atoms with Crippen LogP contribution >= 0.6 is 0 Å². The van der Waals surface area contributed by atoms with Crippen molar-refractivity contribution >= 4 is 5.57 Å². The second kappa shape index (κ2) is 11.0. The molecule has 4 rings (SSSR count). The predicted molar refractivity (Wildman–Crippen MR) is 124 cm³/mol. The zero-order valence-corrected chi connectivity index (χ0v) is 19.8. The summed E-state index contributed by atoms with van der Waals surface area (Å²) in [5, 5.41) is 0. The minimum Gasteiger partial charge on any atom is -0.429 e. The molecule has 0 saturated carbocycles. The molecule has 0 heterocycles. The van der Waals surface area contributed by atoms with E-state index in [-0.39, 0.29) is 17.7 Å². The van der Waals surface area contributed by atoms with E-state index in [1.165, 1.54) is 0 Å². The van der Waals surface area contributed by atoms with Gasteiger partial charge in [-0.2, -0.15) is 8.78 Å². The van der Waals surface area contributed by atoms with Crippen molar-refractivity contribution in [1.82, 2.24) is 0 Å². The summed E-state index contributed by atoms with van der Waals surface area (Å²) in [7, 11) is 0. The van der Waals surface area contributed by atoms with E-state index < -0.39 is 46.5 Å². The Morgan fingerprint density at radius 2 is 1.41 bits per heavy atom. The summed E-state index contributed by atoms with van der Waals surface area (Å²) in [4.78, 5) is 0. The van der Waals surface area contributed by atoms with Crippen molar-refractivity contribution in [2.24, 2.45) is 5.92 Å². The summed E-state index contributed by atoms with van der Waals surface area (Å²) in [5.41, 5.74) is 0.763. The maximum atomic E-state index is 14.7. The summed E-state index contributed by atoms with van der Waals surface area (Å²) < 4.78 is 108. The molecular weight excluding hydrogens is 501 g/mol. The molecular formula is C28H23F7O2. The van der Waals surface area contributed by atoms with E-state index in [4.69, 9.17) is 4.74 Å². The predicted octanol–water partition coefficient (Wildman–Crippen LogP) is 8.40. The van der Waals surface area contributed by atoms with Gasteiger partial charge in [-0.25, -0.2) is 22.0 Å². The van der Waals surface area contributed by atoms with Crippen molar-refractivity contribution in [2.75, 3.05) is 13.2 Å². The molecule has 0 aliphatic heterocycles. The molecule has 1 aliphatic carbocycles. The minimum absolute atomic E-state index is 0.00868. The van der Waals surface area contributed by atoms with Crippen molar-refractivity contribution < 1.29 is 40.2 Å². The number of rotatable bonds is 8. The number of hydrogen-bond donors (Lipinski definition) is 0. The number of hydrogen-bond acceptors (Lipinski definition) is 2. The second-order valence-corrected chi connectivity index (χ2v) is 8.74. The lowest BCUT2D eigenvalue weighted by Crippen LogP contribution is -2.25. The number of allylic oxidation sites excluding steroid dienone is 2. The van der Waals surface area contributed by atoms with Gasteiger partial charge in [0, 0.05) is 25.3 Å². The summed E-state index contributed by atoms with van der Waals surface area (Å²) in [5.74, 6) is -9.39. The van der Waals surface area contributed by atoms with E-state index in [2.05, 4.69) is 10.8 Å². The highest BCUT2D eigenvalue weighted by Crippen LogP contribution is 2.38. The largest absolute Gasteiger partial charge is 0.432 e. The molecule has 0 radical (unpaired) electrons. The van der Waals surface area contributed by atoms with Gasteiger partial charge < -0.3 is 9.47 Å². The van der Waals surface area contributed by atoms with Crippen molar-refractivity contribution in [1.29, 1.82) is 0 Å². The molecule has 1 aliphatic rings. The SMILES string of the molecule is CCOCC1CC=C(c2ccc(-c3cc(F)c(C(F)(F)Oc4cc(F)c(F)c(F)c4)c(F)c3)cc2)CC1. The third kappa shape index (κ3) is 5.98. The number of halogens is 7. The van der Waals surface area contributed by atoms with Gasteiger partial charge in [0.1, 0.15) is 22.9 Å². The molecule has 1 unspecified atom stereocenters. The summed E-state index contributed by atoms with van der Waals surface area (Å²) in [6, 6.07) is 8.59. The smallest absolute Gasteiger partial charge is 0.429 e. The fourth-order valence-corrected chi connectivity index (χ4v) is 4.27. The molecule has 37 heavy (non-hydrogen) atoms.